The average molecular weight is 306 g/mol. The molecule has 0 atom stereocenters. The van der Waals surface area contributed by atoms with Crippen molar-refractivity contribution in [3.05, 3.63) is 48.0 Å². The topological polar surface area (TPSA) is 3.24 Å². The molecule has 0 aliphatic carbocycles. The van der Waals surface area contributed by atoms with Gasteiger partial charge < -0.3 is 0 Å². The number of fused-ring (bicyclic) bond motifs is 1. The van der Waals surface area contributed by atoms with Gasteiger partial charge in [0.2, 0.25) is 0 Å². The van der Waals surface area contributed by atoms with E-state index in [1.54, 1.807) is 0 Å². The van der Waals surface area contributed by atoms with Crippen molar-refractivity contribution in [3.8, 4) is 0 Å². The van der Waals surface area contributed by atoms with E-state index in [0.717, 1.165) is 25.0 Å². The van der Waals surface area contributed by atoms with Gasteiger partial charge in [0.25, 0.3) is 0 Å². The van der Waals surface area contributed by atoms with Gasteiger partial charge in [0, 0.05) is 11.9 Å². The van der Waals surface area contributed by atoms with E-state index in [4.69, 9.17) is 0 Å². The SMILES string of the molecule is CCN(CCCBr)Cc1cccc2ccccc12. The average Bonchev–Trinajstić information content (AvgIpc) is 2.43. The van der Waals surface area contributed by atoms with Gasteiger partial charge in [-0.1, -0.05) is 65.3 Å². The van der Waals surface area contributed by atoms with Gasteiger partial charge >= 0.3 is 0 Å². The van der Waals surface area contributed by atoms with Gasteiger partial charge in [-0.25, -0.2) is 0 Å². The lowest BCUT2D eigenvalue weighted by Gasteiger charge is -2.20. The molecular formula is C16H20BrN. The molecule has 0 heterocycles. The van der Waals surface area contributed by atoms with Gasteiger partial charge in [0.05, 0.1) is 0 Å². The second kappa shape index (κ2) is 6.91. The Morgan fingerprint density at radius 3 is 2.61 bits per heavy atom. The molecule has 0 amide bonds. The van der Waals surface area contributed by atoms with Crippen molar-refractivity contribution in [3.63, 3.8) is 0 Å². The predicted molar refractivity (Wildman–Crippen MR) is 83.3 cm³/mol. The minimum Gasteiger partial charge on any atom is -0.299 e. The summed E-state index contributed by atoms with van der Waals surface area (Å²) >= 11 is 3.51. The lowest BCUT2D eigenvalue weighted by atomic mass is 10.0. The molecule has 1 nitrogen and oxygen atoms in total. The van der Waals surface area contributed by atoms with Crippen LogP contribution in [-0.4, -0.2) is 23.3 Å². The molecular weight excluding hydrogens is 286 g/mol. The van der Waals surface area contributed by atoms with Gasteiger partial charge in [-0.15, -0.1) is 0 Å². The first kappa shape index (κ1) is 13.6. The summed E-state index contributed by atoms with van der Waals surface area (Å²) in [5.74, 6) is 0. The first-order chi connectivity index (χ1) is 8.85. The van der Waals surface area contributed by atoms with Crippen LogP contribution in [0.25, 0.3) is 10.8 Å². The number of nitrogens with zero attached hydrogens (tertiary/aromatic N) is 1. The Morgan fingerprint density at radius 1 is 1.06 bits per heavy atom. The molecule has 18 heavy (non-hydrogen) atoms. The van der Waals surface area contributed by atoms with Crippen molar-refractivity contribution >= 4 is 26.7 Å². The van der Waals surface area contributed by atoms with Crippen LogP contribution in [0.3, 0.4) is 0 Å². The maximum Gasteiger partial charge on any atom is 0.0239 e. The number of rotatable bonds is 6. The van der Waals surface area contributed by atoms with Crippen LogP contribution in [0.4, 0.5) is 0 Å². The molecule has 0 aromatic heterocycles. The molecule has 0 unspecified atom stereocenters. The number of hydrogen-bond acceptors (Lipinski definition) is 1. The van der Waals surface area contributed by atoms with E-state index < -0.39 is 0 Å². The van der Waals surface area contributed by atoms with E-state index in [9.17, 15) is 0 Å². The summed E-state index contributed by atoms with van der Waals surface area (Å²) in [6, 6.07) is 15.2. The van der Waals surface area contributed by atoms with Gasteiger partial charge in [-0.05, 0) is 35.8 Å². The second-order valence-electron chi connectivity index (χ2n) is 4.55. The Bertz CT molecular complexity index is 490. The lowest BCUT2D eigenvalue weighted by Crippen LogP contribution is -2.24. The van der Waals surface area contributed by atoms with Crippen LogP contribution in [0.1, 0.15) is 18.9 Å². The maximum absolute atomic E-state index is 3.51. The number of benzene rings is 2. The molecule has 0 saturated carbocycles. The monoisotopic (exact) mass is 305 g/mol. The van der Waals surface area contributed by atoms with Crippen LogP contribution in [-0.2, 0) is 6.54 Å². The highest BCUT2D eigenvalue weighted by molar-refractivity contribution is 9.09. The van der Waals surface area contributed by atoms with Crippen molar-refractivity contribution in [1.29, 1.82) is 0 Å². The van der Waals surface area contributed by atoms with Crippen molar-refractivity contribution in [2.24, 2.45) is 0 Å². The number of alkyl halides is 1. The number of hydrogen-bond donors (Lipinski definition) is 0. The van der Waals surface area contributed by atoms with E-state index in [1.165, 1.54) is 22.8 Å². The van der Waals surface area contributed by atoms with Crippen LogP contribution >= 0.6 is 15.9 Å². The van der Waals surface area contributed by atoms with Crippen molar-refractivity contribution in [2.75, 3.05) is 18.4 Å². The molecule has 0 bridgehead atoms. The third kappa shape index (κ3) is 3.33. The van der Waals surface area contributed by atoms with Crippen molar-refractivity contribution in [2.45, 2.75) is 19.9 Å². The Kier molecular flexibility index (Phi) is 5.21. The largest absolute Gasteiger partial charge is 0.299 e. The van der Waals surface area contributed by atoms with Crippen LogP contribution < -0.4 is 0 Å². The van der Waals surface area contributed by atoms with E-state index in [0.29, 0.717) is 0 Å². The van der Waals surface area contributed by atoms with Gasteiger partial charge in [0.1, 0.15) is 0 Å². The van der Waals surface area contributed by atoms with Crippen molar-refractivity contribution < 1.29 is 0 Å². The molecule has 2 heteroatoms. The Labute approximate surface area is 118 Å². The van der Waals surface area contributed by atoms with Crippen molar-refractivity contribution in [1.82, 2.24) is 4.90 Å². The molecule has 0 spiro atoms. The summed E-state index contributed by atoms with van der Waals surface area (Å²) in [5.41, 5.74) is 1.43. The minimum atomic E-state index is 1.05. The fraction of sp³-hybridized carbons (Fsp3) is 0.375. The highest BCUT2D eigenvalue weighted by Crippen LogP contribution is 2.20. The first-order valence-corrected chi connectivity index (χ1v) is 7.72. The van der Waals surface area contributed by atoms with Crippen LogP contribution in [0, 0.1) is 0 Å². The van der Waals surface area contributed by atoms with Gasteiger partial charge in [0.15, 0.2) is 0 Å². The van der Waals surface area contributed by atoms with Crippen LogP contribution in [0.2, 0.25) is 0 Å². The molecule has 0 fully saturated rings. The van der Waals surface area contributed by atoms with E-state index in [-0.39, 0.29) is 0 Å². The lowest BCUT2D eigenvalue weighted by molar-refractivity contribution is 0.283. The fourth-order valence-corrected chi connectivity index (χ4v) is 2.55. The molecule has 0 N–H and O–H groups in total. The zero-order valence-electron chi connectivity index (χ0n) is 10.9. The molecule has 0 saturated heterocycles. The maximum atomic E-state index is 3.51. The molecule has 0 aliphatic rings. The summed E-state index contributed by atoms with van der Waals surface area (Å²) in [4.78, 5) is 2.50. The third-order valence-corrected chi connectivity index (χ3v) is 3.89. The summed E-state index contributed by atoms with van der Waals surface area (Å²) < 4.78 is 0. The Balaban J connectivity index is 2.19. The third-order valence-electron chi connectivity index (χ3n) is 3.33. The molecule has 96 valence electrons. The summed E-state index contributed by atoms with van der Waals surface area (Å²) in [6.45, 7) is 5.55. The van der Waals surface area contributed by atoms with E-state index >= 15 is 0 Å². The minimum absolute atomic E-state index is 1.05. The molecule has 2 rings (SSSR count). The summed E-state index contributed by atoms with van der Waals surface area (Å²) in [6.07, 6.45) is 1.21. The quantitative estimate of drug-likeness (QED) is 0.713. The fourth-order valence-electron chi connectivity index (χ4n) is 2.30. The summed E-state index contributed by atoms with van der Waals surface area (Å²) in [7, 11) is 0. The van der Waals surface area contributed by atoms with E-state index in [2.05, 4.69) is 70.2 Å². The van der Waals surface area contributed by atoms with Gasteiger partial charge in [-0.2, -0.15) is 0 Å². The first-order valence-electron chi connectivity index (χ1n) is 6.60. The Morgan fingerprint density at radius 2 is 1.83 bits per heavy atom. The van der Waals surface area contributed by atoms with Crippen LogP contribution in [0.5, 0.6) is 0 Å². The second-order valence-corrected chi connectivity index (χ2v) is 5.34. The zero-order valence-corrected chi connectivity index (χ0v) is 12.5. The molecule has 0 aliphatic heterocycles. The van der Waals surface area contributed by atoms with Gasteiger partial charge in [-0.3, -0.25) is 4.90 Å². The highest BCUT2D eigenvalue weighted by atomic mass is 79.9. The molecule has 0 radical (unpaired) electrons. The smallest absolute Gasteiger partial charge is 0.0239 e. The Hall–Kier alpha value is -0.860. The normalized spacial score (nSPS) is 11.3. The number of halogens is 1. The van der Waals surface area contributed by atoms with Crippen LogP contribution in [0.15, 0.2) is 42.5 Å². The molecule has 2 aromatic carbocycles. The zero-order chi connectivity index (χ0) is 12.8. The van der Waals surface area contributed by atoms with E-state index in [1.807, 2.05) is 0 Å². The standard InChI is InChI=1S/C16H20BrN/c1-2-18(12-6-11-17)13-15-9-5-8-14-7-3-4-10-16(14)15/h3-5,7-10H,2,6,11-13H2,1H3. The summed E-state index contributed by atoms with van der Waals surface area (Å²) in [5, 5.41) is 3.81. The predicted octanol–water partition coefficient (Wildman–Crippen LogP) is 4.45. The highest BCUT2D eigenvalue weighted by Gasteiger charge is 2.06. The molecule has 2 aromatic rings.